The largest absolute Gasteiger partial charge is 0.377 e. The van der Waals surface area contributed by atoms with E-state index in [2.05, 4.69) is 60.8 Å². The van der Waals surface area contributed by atoms with Crippen molar-refractivity contribution in [1.82, 2.24) is 0 Å². The number of aryl methyl sites for hydroxylation is 1. The molecule has 22 heavy (non-hydrogen) atoms. The maximum Gasteiger partial charge on any atom is 0.0554 e. The van der Waals surface area contributed by atoms with Crippen LogP contribution in [0.2, 0.25) is 5.02 Å². The van der Waals surface area contributed by atoms with Gasteiger partial charge in [0, 0.05) is 16.6 Å². The summed E-state index contributed by atoms with van der Waals surface area (Å²) in [7, 11) is 0. The Labute approximate surface area is 137 Å². The van der Waals surface area contributed by atoms with Crippen LogP contribution in [0.4, 0.5) is 5.69 Å². The molecule has 4 rings (SSSR count). The third-order valence-electron chi connectivity index (χ3n) is 5.07. The summed E-state index contributed by atoms with van der Waals surface area (Å²) in [5.74, 6) is 1.10. The van der Waals surface area contributed by atoms with Crippen LogP contribution in [0.5, 0.6) is 0 Å². The summed E-state index contributed by atoms with van der Waals surface area (Å²) in [5, 5.41) is 4.65. The van der Waals surface area contributed by atoms with Crippen LogP contribution in [0, 0.1) is 5.92 Å². The highest BCUT2D eigenvalue weighted by Crippen LogP contribution is 2.50. The van der Waals surface area contributed by atoms with E-state index in [4.69, 9.17) is 11.6 Å². The van der Waals surface area contributed by atoms with Crippen molar-refractivity contribution in [3.05, 3.63) is 76.3 Å². The van der Waals surface area contributed by atoms with E-state index in [0.29, 0.717) is 17.9 Å². The molecule has 0 fully saturated rings. The Balaban J connectivity index is 1.83. The zero-order chi connectivity index (χ0) is 15.1. The summed E-state index contributed by atoms with van der Waals surface area (Å²) in [6.45, 7) is 2.22. The Kier molecular flexibility index (Phi) is 3.46. The lowest BCUT2D eigenvalue weighted by Gasteiger charge is -2.38. The average molecular weight is 310 g/mol. The van der Waals surface area contributed by atoms with Crippen LogP contribution in [0.1, 0.15) is 42.0 Å². The van der Waals surface area contributed by atoms with Gasteiger partial charge in [0.25, 0.3) is 0 Å². The van der Waals surface area contributed by atoms with E-state index in [0.717, 1.165) is 17.9 Å². The number of nitrogens with one attached hydrogen (secondary N) is 1. The summed E-state index contributed by atoms with van der Waals surface area (Å²) in [5.41, 5.74) is 5.49. The van der Waals surface area contributed by atoms with E-state index in [1.54, 1.807) is 0 Å². The molecule has 1 aliphatic carbocycles. The number of rotatable bonds is 2. The fourth-order valence-corrected chi connectivity index (χ4v) is 4.21. The fourth-order valence-electron chi connectivity index (χ4n) is 4.01. The third kappa shape index (κ3) is 2.16. The smallest absolute Gasteiger partial charge is 0.0554 e. The quantitative estimate of drug-likeness (QED) is 0.699. The van der Waals surface area contributed by atoms with Crippen molar-refractivity contribution in [2.24, 2.45) is 5.92 Å². The number of allylic oxidation sites excluding steroid dienone is 2. The molecule has 0 spiro atoms. The summed E-state index contributed by atoms with van der Waals surface area (Å²) >= 11 is 6.22. The SMILES string of the molecule is CCc1cccc2c1N[C@H](c1cccc(Cl)c1)[C@@H]1CC=C[C@H]21. The average Bonchev–Trinajstić information content (AvgIpc) is 3.03. The van der Waals surface area contributed by atoms with Crippen LogP contribution in [0.3, 0.4) is 0 Å². The van der Waals surface area contributed by atoms with Gasteiger partial charge >= 0.3 is 0 Å². The first-order chi connectivity index (χ1) is 10.8. The first-order valence-electron chi connectivity index (χ1n) is 8.08. The summed E-state index contributed by atoms with van der Waals surface area (Å²) in [4.78, 5) is 0. The second-order valence-corrected chi connectivity index (χ2v) is 6.70. The molecule has 2 aromatic rings. The van der Waals surface area contributed by atoms with Gasteiger partial charge in [-0.05, 0) is 47.6 Å². The molecule has 2 aliphatic rings. The van der Waals surface area contributed by atoms with Crippen molar-refractivity contribution in [1.29, 1.82) is 0 Å². The fraction of sp³-hybridized carbons (Fsp3) is 0.300. The molecule has 0 bridgehead atoms. The van der Waals surface area contributed by atoms with E-state index >= 15 is 0 Å². The first-order valence-corrected chi connectivity index (χ1v) is 8.46. The number of para-hydroxylation sites is 1. The molecule has 0 radical (unpaired) electrons. The zero-order valence-electron chi connectivity index (χ0n) is 12.7. The Morgan fingerprint density at radius 1 is 1.18 bits per heavy atom. The van der Waals surface area contributed by atoms with Crippen LogP contribution in [-0.2, 0) is 6.42 Å². The summed E-state index contributed by atoms with van der Waals surface area (Å²) in [6.07, 6.45) is 6.91. The van der Waals surface area contributed by atoms with E-state index in [1.807, 2.05) is 6.07 Å². The molecular formula is C20H20ClN. The van der Waals surface area contributed by atoms with Crippen LogP contribution >= 0.6 is 11.6 Å². The van der Waals surface area contributed by atoms with Gasteiger partial charge in [-0.15, -0.1) is 0 Å². The maximum atomic E-state index is 6.22. The van der Waals surface area contributed by atoms with Gasteiger partial charge in [-0.1, -0.05) is 61.0 Å². The van der Waals surface area contributed by atoms with Gasteiger partial charge in [-0.3, -0.25) is 0 Å². The lowest BCUT2D eigenvalue weighted by molar-refractivity contribution is 0.425. The Morgan fingerprint density at radius 2 is 2.05 bits per heavy atom. The molecule has 2 heteroatoms. The molecule has 0 saturated heterocycles. The molecule has 0 saturated carbocycles. The number of anilines is 1. The van der Waals surface area contributed by atoms with E-state index in [9.17, 15) is 0 Å². The zero-order valence-corrected chi connectivity index (χ0v) is 13.5. The predicted octanol–water partition coefficient (Wildman–Crippen LogP) is 5.73. The van der Waals surface area contributed by atoms with Gasteiger partial charge in [0.2, 0.25) is 0 Å². The van der Waals surface area contributed by atoms with Crippen molar-refractivity contribution in [3.8, 4) is 0 Å². The number of hydrogen-bond acceptors (Lipinski definition) is 1. The lowest BCUT2D eigenvalue weighted by atomic mass is 9.76. The van der Waals surface area contributed by atoms with E-state index in [-0.39, 0.29) is 0 Å². The topological polar surface area (TPSA) is 12.0 Å². The van der Waals surface area contributed by atoms with Gasteiger partial charge in [0.05, 0.1) is 6.04 Å². The van der Waals surface area contributed by atoms with Crippen LogP contribution < -0.4 is 5.32 Å². The van der Waals surface area contributed by atoms with Crippen molar-refractivity contribution in [2.45, 2.75) is 31.7 Å². The molecule has 1 aliphatic heterocycles. The molecule has 112 valence electrons. The Hall–Kier alpha value is -1.73. The minimum atomic E-state index is 0.332. The standard InChI is InChI=1S/C20H20ClN/c1-2-13-6-4-10-17-16-9-5-11-18(16)20(22-19(13)17)14-7-3-8-15(21)12-14/h3-10,12,16,18,20,22H,2,11H2,1H3/t16-,18-,20-/m1/s1. The molecule has 0 aromatic heterocycles. The molecule has 3 atom stereocenters. The molecule has 0 unspecified atom stereocenters. The highest BCUT2D eigenvalue weighted by Gasteiger charge is 2.38. The van der Waals surface area contributed by atoms with Gasteiger partial charge in [-0.2, -0.15) is 0 Å². The Bertz CT molecular complexity index is 734. The monoisotopic (exact) mass is 309 g/mol. The normalized spacial score (nSPS) is 25.5. The highest BCUT2D eigenvalue weighted by molar-refractivity contribution is 6.30. The lowest BCUT2D eigenvalue weighted by Crippen LogP contribution is -2.29. The third-order valence-corrected chi connectivity index (χ3v) is 5.31. The molecular weight excluding hydrogens is 290 g/mol. The molecule has 0 amide bonds. The van der Waals surface area contributed by atoms with Gasteiger partial charge in [0.1, 0.15) is 0 Å². The number of hydrogen-bond donors (Lipinski definition) is 1. The molecule has 1 N–H and O–H groups in total. The maximum absolute atomic E-state index is 6.22. The van der Waals surface area contributed by atoms with E-state index < -0.39 is 0 Å². The van der Waals surface area contributed by atoms with Crippen LogP contribution in [-0.4, -0.2) is 0 Å². The second kappa shape index (κ2) is 5.48. The predicted molar refractivity (Wildman–Crippen MR) is 93.6 cm³/mol. The first kappa shape index (κ1) is 13.9. The minimum absolute atomic E-state index is 0.332. The summed E-state index contributed by atoms with van der Waals surface area (Å²) in [6, 6.07) is 15.3. The molecule has 2 aromatic carbocycles. The van der Waals surface area contributed by atoms with Gasteiger partial charge < -0.3 is 5.32 Å². The van der Waals surface area contributed by atoms with Crippen molar-refractivity contribution in [2.75, 3.05) is 5.32 Å². The van der Waals surface area contributed by atoms with Crippen molar-refractivity contribution >= 4 is 17.3 Å². The van der Waals surface area contributed by atoms with Gasteiger partial charge in [0.15, 0.2) is 0 Å². The molecule has 1 nitrogen and oxygen atoms in total. The Morgan fingerprint density at radius 3 is 2.86 bits per heavy atom. The van der Waals surface area contributed by atoms with Gasteiger partial charge in [-0.25, -0.2) is 0 Å². The second-order valence-electron chi connectivity index (χ2n) is 6.27. The minimum Gasteiger partial charge on any atom is -0.377 e. The van der Waals surface area contributed by atoms with Crippen molar-refractivity contribution in [3.63, 3.8) is 0 Å². The van der Waals surface area contributed by atoms with Crippen LogP contribution in [0.15, 0.2) is 54.6 Å². The number of halogens is 1. The summed E-state index contributed by atoms with van der Waals surface area (Å²) < 4.78 is 0. The van der Waals surface area contributed by atoms with Crippen LogP contribution in [0.25, 0.3) is 0 Å². The molecule has 1 heterocycles. The number of fused-ring (bicyclic) bond motifs is 3. The highest BCUT2D eigenvalue weighted by atomic mass is 35.5. The van der Waals surface area contributed by atoms with Crippen molar-refractivity contribution < 1.29 is 0 Å². The number of benzene rings is 2. The van der Waals surface area contributed by atoms with E-state index in [1.165, 1.54) is 22.4 Å².